The van der Waals surface area contributed by atoms with Crippen molar-refractivity contribution in [1.82, 2.24) is 10.6 Å². The molecule has 1 aromatic carbocycles. The lowest BCUT2D eigenvalue weighted by atomic mass is 9.91. The number of fused-ring (bicyclic) bond motifs is 1. The third kappa shape index (κ3) is 4.64. The molecule has 1 saturated heterocycles. The van der Waals surface area contributed by atoms with Gasteiger partial charge in [0, 0.05) is 17.5 Å². The zero-order chi connectivity index (χ0) is 21.1. The number of aliphatic carboxylic acids is 1. The van der Waals surface area contributed by atoms with Crippen LogP contribution in [0.4, 0.5) is 5.69 Å². The molecule has 1 aliphatic carbocycles. The highest BCUT2D eigenvalue weighted by Crippen LogP contribution is 2.41. The van der Waals surface area contributed by atoms with Gasteiger partial charge in [0.2, 0.25) is 5.91 Å². The van der Waals surface area contributed by atoms with Gasteiger partial charge in [-0.1, -0.05) is 37.1 Å². The molecule has 162 valence electrons. The standard InChI is InChI=1S/C22H29N3O4S/c26-19(24-16-6-2-1-3-7-16)13-25-17-11-14(15-5-4-10-23-12-15)8-9-18(17)30-20(21(25)27)22(28)29/h8-9,11,15-16,20,23H,1-7,10,12-13H2,(H,24,26)(H,28,29). The van der Waals surface area contributed by atoms with E-state index in [2.05, 4.69) is 10.6 Å². The normalized spacial score (nSPS) is 24.9. The maximum atomic E-state index is 13.0. The van der Waals surface area contributed by atoms with Crippen LogP contribution in [0.3, 0.4) is 0 Å². The summed E-state index contributed by atoms with van der Waals surface area (Å²) in [4.78, 5) is 39.5. The Morgan fingerprint density at radius 3 is 2.67 bits per heavy atom. The van der Waals surface area contributed by atoms with Gasteiger partial charge in [0.25, 0.3) is 5.91 Å². The van der Waals surface area contributed by atoms with Gasteiger partial charge < -0.3 is 20.6 Å². The third-order valence-corrected chi connectivity index (χ3v) is 7.51. The van der Waals surface area contributed by atoms with Crippen molar-refractivity contribution < 1.29 is 19.5 Å². The lowest BCUT2D eigenvalue weighted by Gasteiger charge is -2.33. The number of amides is 2. The Morgan fingerprint density at radius 2 is 1.97 bits per heavy atom. The number of carboxylic acid groups (broad SMARTS) is 1. The number of nitrogens with one attached hydrogen (secondary N) is 2. The Morgan fingerprint density at radius 1 is 1.17 bits per heavy atom. The minimum Gasteiger partial charge on any atom is -0.480 e. The Hall–Kier alpha value is -2.06. The summed E-state index contributed by atoms with van der Waals surface area (Å²) in [5.41, 5.74) is 1.78. The van der Waals surface area contributed by atoms with E-state index in [9.17, 15) is 19.5 Å². The highest BCUT2D eigenvalue weighted by Gasteiger charge is 2.39. The van der Waals surface area contributed by atoms with E-state index in [4.69, 9.17) is 0 Å². The number of piperidine rings is 1. The summed E-state index contributed by atoms with van der Waals surface area (Å²) in [7, 11) is 0. The average molecular weight is 432 g/mol. The summed E-state index contributed by atoms with van der Waals surface area (Å²) >= 11 is 1.06. The van der Waals surface area contributed by atoms with Gasteiger partial charge in [0.05, 0.1) is 5.69 Å². The van der Waals surface area contributed by atoms with E-state index in [1.807, 2.05) is 18.2 Å². The maximum absolute atomic E-state index is 13.0. The van der Waals surface area contributed by atoms with Gasteiger partial charge in [-0.3, -0.25) is 14.4 Å². The molecule has 1 aromatic rings. The van der Waals surface area contributed by atoms with Crippen LogP contribution in [0.1, 0.15) is 56.4 Å². The minimum absolute atomic E-state index is 0.140. The molecule has 2 unspecified atom stereocenters. The Kier molecular flexibility index (Phi) is 6.63. The van der Waals surface area contributed by atoms with Crippen LogP contribution in [-0.4, -0.2) is 53.8 Å². The van der Waals surface area contributed by atoms with Gasteiger partial charge in [0.15, 0.2) is 5.25 Å². The molecule has 0 bridgehead atoms. The van der Waals surface area contributed by atoms with Crippen molar-refractivity contribution in [3.8, 4) is 0 Å². The Labute approximate surface area is 181 Å². The maximum Gasteiger partial charge on any atom is 0.326 e. The number of nitrogens with zero attached hydrogens (tertiary/aromatic N) is 1. The number of carbonyl (C=O) groups excluding carboxylic acids is 2. The van der Waals surface area contributed by atoms with E-state index in [1.54, 1.807) is 0 Å². The molecule has 2 atom stereocenters. The summed E-state index contributed by atoms with van der Waals surface area (Å²) in [5.74, 6) is -1.56. The number of carbonyl (C=O) groups is 3. The summed E-state index contributed by atoms with van der Waals surface area (Å²) < 4.78 is 0. The molecule has 0 aromatic heterocycles. The van der Waals surface area contributed by atoms with E-state index in [1.165, 1.54) is 11.3 Å². The van der Waals surface area contributed by atoms with E-state index in [0.717, 1.165) is 73.8 Å². The first-order valence-corrected chi connectivity index (χ1v) is 11.8. The van der Waals surface area contributed by atoms with Crippen LogP contribution < -0.4 is 15.5 Å². The number of carboxylic acids is 1. The molecule has 3 N–H and O–H groups in total. The third-order valence-electron chi connectivity index (χ3n) is 6.27. The molecule has 2 aliphatic heterocycles. The molecule has 1 saturated carbocycles. The summed E-state index contributed by atoms with van der Waals surface area (Å²) in [6, 6.07) is 6.05. The van der Waals surface area contributed by atoms with E-state index < -0.39 is 17.1 Å². The number of anilines is 1. The number of hydrogen-bond donors (Lipinski definition) is 3. The van der Waals surface area contributed by atoms with Crippen molar-refractivity contribution in [1.29, 1.82) is 0 Å². The van der Waals surface area contributed by atoms with Crippen molar-refractivity contribution in [3.63, 3.8) is 0 Å². The van der Waals surface area contributed by atoms with Crippen molar-refractivity contribution >= 4 is 35.2 Å². The first kappa shape index (κ1) is 21.2. The van der Waals surface area contributed by atoms with Gasteiger partial charge in [-0.25, -0.2) is 0 Å². The molecule has 7 nitrogen and oxygen atoms in total. The summed E-state index contributed by atoms with van der Waals surface area (Å²) in [5, 5.41) is 14.8. The highest BCUT2D eigenvalue weighted by atomic mass is 32.2. The zero-order valence-corrected chi connectivity index (χ0v) is 17.9. The van der Waals surface area contributed by atoms with Crippen LogP contribution in [-0.2, 0) is 14.4 Å². The fraction of sp³-hybridized carbons (Fsp3) is 0.591. The zero-order valence-electron chi connectivity index (χ0n) is 17.1. The van der Waals surface area contributed by atoms with Crippen LogP contribution in [0.5, 0.6) is 0 Å². The number of benzene rings is 1. The molecular weight excluding hydrogens is 402 g/mol. The fourth-order valence-corrected chi connectivity index (χ4v) is 5.68. The molecule has 0 spiro atoms. The molecule has 3 aliphatic rings. The van der Waals surface area contributed by atoms with Crippen LogP contribution >= 0.6 is 11.8 Å². The first-order chi connectivity index (χ1) is 14.5. The number of rotatable bonds is 5. The smallest absolute Gasteiger partial charge is 0.326 e. The molecule has 8 heteroatoms. The van der Waals surface area contributed by atoms with Crippen molar-refractivity contribution in [2.75, 3.05) is 24.5 Å². The number of hydrogen-bond acceptors (Lipinski definition) is 5. The minimum atomic E-state index is -1.22. The lowest BCUT2D eigenvalue weighted by molar-refractivity contribution is -0.139. The molecule has 30 heavy (non-hydrogen) atoms. The Balaban J connectivity index is 1.57. The SMILES string of the molecule is O=C(CN1C(=O)C(C(=O)O)Sc2ccc(C3CCCNC3)cc21)NC1CCCCC1. The highest BCUT2D eigenvalue weighted by molar-refractivity contribution is 8.01. The van der Waals surface area contributed by atoms with Crippen molar-refractivity contribution in [2.45, 2.75) is 67.1 Å². The predicted molar refractivity (Wildman–Crippen MR) is 116 cm³/mol. The average Bonchev–Trinajstić information content (AvgIpc) is 2.76. The fourth-order valence-electron chi connectivity index (χ4n) is 4.66. The first-order valence-electron chi connectivity index (χ1n) is 10.9. The van der Waals surface area contributed by atoms with Crippen LogP contribution in [0.25, 0.3) is 0 Å². The molecule has 0 radical (unpaired) electrons. The van der Waals surface area contributed by atoms with Crippen LogP contribution in [0, 0.1) is 0 Å². The second kappa shape index (κ2) is 9.39. The van der Waals surface area contributed by atoms with Gasteiger partial charge in [-0.2, -0.15) is 0 Å². The predicted octanol–water partition coefficient (Wildman–Crippen LogP) is 2.49. The van der Waals surface area contributed by atoms with Gasteiger partial charge in [-0.15, -0.1) is 0 Å². The largest absolute Gasteiger partial charge is 0.480 e. The second-order valence-corrected chi connectivity index (χ2v) is 9.58. The Bertz CT molecular complexity index is 819. The van der Waals surface area contributed by atoms with Gasteiger partial charge in [-0.05, 0) is 55.8 Å². The van der Waals surface area contributed by atoms with E-state index >= 15 is 0 Å². The van der Waals surface area contributed by atoms with Crippen molar-refractivity contribution in [3.05, 3.63) is 23.8 Å². The summed E-state index contributed by atoms with van der Waals surface area (Å²) in [6.07, 6.45) is 7.50. The quantitative estimate of drug-likeness (QED) is 0.620. The molecule has 4 rings (SSSR count). The molecule has 2 fully saturated rings. The molecular formula is C22H29N3O4S. The van der Waals surface area contributed by atoms with E-state index in [0.29, 0.717) is 11.6 Å². The second-order valence-electron chi connectivity index (χ2n) is 8.43. The van der Waals surface area contributed by atoms with E-state index in [-0.39, 0.29) is 18.5 Å². The van der Waals surface area contributed by atoms with Crippen molar-refractivity contribution in [2.24, 2.45) is 0 Å². The lowest BCUT2D eigenvalue weighted by Crippen LogP contribution is -2.50. The van der Waals surface area contributed by atoms with Gasteiger partial charge in [0.1, 0.15) is 6.54 Å². The molecule has 2 amide bonds. The number of thioether (sulfide) groups is 1. The molecule has 2 heterocycles. The van der Waals surface area contributed by atoms with Crippen LogP contribution in [0.2, 0.25) is 0 Å². The van der Waals surface area contributed by atoms with Crippen LogP contribution in [0.15, 0.2) is 23.1 Å². The topological polar surface area (TPSA) is 98.7 Å². The monoisotopic (exact) mass is 431 g/mol. The van der Waals surface area contributed by atoms with Gasteiger partial charge >= 0.3 is 5.97 Å². The summed E-state index contributed by atoms with van der Waals surface area (Å²) in [6.45, 7) is 1.77.